The van der Waals surface area contributed by atoms with E-state index in [1.54, 1.807) is 0 Å². The molecular weight excluding hydrogens is 388 g/mol. The zero-order valence-electron chi connectivity index (χ0n) is 15.4. The molecule has 0 saturated heterocycles. The number of benzene rings is 1. The van der Waals surface area contributed by atoms with Gasteiger partial charge in [-0.1, -0.05) is 18.5 Å². The van der Waals surface area contributed by atoms with Crippen LogP contribution in [0.1, 0.15) is 51.9 Å². The Hall–Kier alpha value is -1.18. The summed E-state index contributed by atoms with van der Waals surface area (Å²) in [7, 11) is -3.94. The van der Waals surface area contributed by atoms with Crippen molar-refractivity contribution in [3.63, 3.8) is 0 Å². The highest BCUT2D eigenvalue weighted by Crippen LogP contribution is 2.61. The van der Waals surface area contributed by atoms with E-state index in [0.717, 1.165) is 43.1 Å². The summed E-state index contributed by atoms with van der Waals surface area (Å²) in [6.07, 6.45) is 7.84. The Balaban J connectivity index is 1.64. The molecule has 5 rings (SSSR count). The molecule has 0 heterocycles. The van der Waals surface area contributed by atoms with E-state index < -0.39 is 14.9 Å². The first-order chi connectivity index (χ1) is 12.7. The number of sulfonamides is 1. The molecule has 0 radical (unpaired) electrons. The number of nitro groups is 1. The van der Waals surface area contributed by atoms with Crippen LogP contribution in [0.5, 0.6) is 0 Å². The van der Waals surface area contributed by atoms with Crippen LogP contribution in [0.4, 0.5) is 5.69 Å². The lowest BCUT2D eigenvalue weighted by molar-refractivity contribution is -0.385. The van der Waals surface area contributed by atoms with Crippen LogP contribution in [0.15, 0.2) is 23.1 Å². The summed E-state index contributed by atoms with van der Waals surface area (Å²) in [5.74, 6) is 2.16. The fourth-order valence-corrected chi connectivity index (χ4v) is 8.25. The van der Waals surface area contributed by atoms with Gasteiger partial charge in [-0.2, -0.15) is 0 Å². The van der Waals surface area contributed by atoms with E-state index >= 15 is 0 Å². The highest BCUT2D eigenvalue weighted by atomic mass is 35.5. The molecule has 4 aliphatic rings. The molecule has 1 atom stereocenters. The van der Waals surface area contributed by atoms with Crippen LogP contribution < -0.4 is 4.72 Å². The van der Waals surface area contributed by atoms with Crippen molar-refractivity contribution in [1.29, 1.82) is 0 Å². The first-order valence-electron chi connectivity index (χ1n) is 9.68. The number of nitrogens with one attached hydrogen (secondary N) is 1. The quantitative estimate of drug-likeness (QED) is 0.549. The zero-order chi connectivity index (χ0) is 19.4. The number of non-ortho nitro benzene ring substituents is 1. The molecule has 4 fully saturated rings. The van der Waals surface area contributed by atoms with Crippen molar-refractivity contribution in [2.45, 2.75) is 62.8 Å². The molecule has 0 spiro atoms. The summed E-state index contributed by atoms with van der Waals surface area (Å²) >= 11 is 6.09. The number of nitrogens with zero attached hydrogens (tertiary/aromatic N) is 1. The summed E-state index contributed by atoms with van der Waals surface area (Å²) in [5, 5.41) is 11.1. The van der Waals surface area contributed by atoms with E-state index in [1.165, 1.54) is 31.4 Å². The maximum Gasteiger partial charge on any atom is 0.270 e. The normalized spacial score (nSPS) is 33.2. The molecule has 0 aromatic heterocycles. The fourth-order valence-electron chi connectivity index (χ4n) is 6.31. The molecule has 8 heteroatoms. The van der Waals surface area contributed by atoms with Crippen LogP contribution in [-0.2, 0) is 10.0 Å². The first-order valence-corrected chi connectivity index (χ1v) is 11.5. The van der Waals surface area contributed by atoms with Crippen LogP contribution in [0.2, 0.25) is 5.02 Å². The summed E-state index contributed by atoms with van der Waals surface area (Å²) in [5.41, 5.74) is -0.258. The number of hydrogen-bond donors (Lipinski definition) is 1. The minimum absolute atomic E-state index is 0.00784. The van der Waals surface area contributed by atoms with Crippen LogP contribution in [0.25, 0.3) is 0 Å². The Labute approximate surface area is 164 Å². The van der Waals surface area contributed by atoms with Crippen LogP contribution >= 0.6 is 11.6 Å². The Kier molecular flexibility index (Phi) is 4.76. The molecular formula is C19H25ClN2O4S. The van der Waals surface area contributed by atoms with Gasteiger partial charge in [0.15, 0.2) is 0 Å². The van der Waals surface area contributed by atoms with Gasteiger partial charge in [-0.15, -0.1) is 0 Å². The summed E-state index contributed by atoms with van der Waals surface area (Å²) in [4.78, 5) is 10.2. The van der Waals surface area contributed by atoms with Gasteiger partial charge in [0.2, 0.25) is 10.0 Å². The van der Waals surface area contributed by atoms with E-state index in [1.807, 2.05) is 6.92 Å². The smallest absolute Gasteiger partial charge is 0.258 e. The molecule has 27 heavy (non-hydrogen) atoms. The molecule has 1 aromatic carbocycles. The Morgan fingerprint density at radius 1 is 1.22 bits per heavy atom. The summed E-state index contributed by atoms with van der Waals surface area (Å²) in [6, 6.07) is 3.39. The van der Waals surface area contributed by atoms with Gasteiger partial charge in [-0.05, 0) is 74.2 Å². The zero-order valence-corrected chi connectivity index (χ0v) is 16.9. The SMILES string of the molecule is CCC(NS(=O)(=O)c1cc([N+](=O)[O-])ccc1Cl)C12CC3CC(CC(C3)C1)C2. The maximum absolute atomic E-state index is 13.1. The van der Waals surface area contributed by atoms with Crippen molar-refractivity contribution >= 4 is 27.3 Å². The highest BCUT2D eigenvalue weighted by Gasteiger charge is 2.54. The molecule has 4 saturated carbocycles. The molecule has 0 aliphatic heterocycles. The second-order valence-electron chi connectivity index (χ2n) is 8.73. The molecule has 4 aliphatic carbocycles. The van der Waals surface area contributed by atoms with Crippen LogP contribution in [0.3, 0.4) is 0 Å². The molecule has 148 valence electrons. The van der Waals surface area contributed by atoms with Gasteiger partial charge in [-0.3, -0.25) is 10.1 Å². The number of rotatable bonds is 6. The van der Waals surface area contributed by atoms with Crippen LogP contribution in [0, 0.1) is 33.3 Å². The highest BCUT2D eigenvalue weighted by molar-refractivity contribution is 7.89. The molecule has 1 aromatic rings. The first kappa shape index (κ1) is 19.2. The van der Waals surface area contributed by atoms with Gasteiger partial charge in [0, 0.05) is 18.2 Å². The third-order valence-corrected chi connectivity index (χ3v) is 8.90. The lowest BCUT2D eigenvalue weighted by Crippen LogP contribution is -2.56. The van der Waals surface area contributed by atoms with Gasteiger partial charge in [0.05, 0.1) is 9.95 Å². The van der Waals surface area contributed by atoms with Crippen molar-refractivity contribution in [1.82, 2.24) is 4.72 Å². The van der Waals surface area contributed by atoms with E-state index in [0.29, 0.717) is 6.42 Å². The fraction of sp³-hybridized carbons (Fsp3) is 0.684. The lowest BCUT2D eigenvalue weighted by atomic mass is 9.47. The minimum atomic E-state index is -3.94. The minimum Gasteiger partial charge on any atom is -0.258 e. The van der Waals surface area contributed by atoms with Crippen molar-refractivity contribution < 1.29 is 13.3 Å². The van der Waals surface area contributed by atoms with Gasteiger partial charge < -0.3 is 0 Å². The summed E-state index contributed by atoms with van der Waals surface area (Å²) in [6.45, 7) is 2.01. The van der Waals surface area contributed by atoms with Crippen molar-refractivity contribution in [3.05, 3.63) is 33.3 Å². The van der Waals surface area contributed by atoms with Crippen molar-refractivity contribution in [2.24, 2.45) is 23.2 Å². The Morgan fingerprint density at radius 2 is 1.78 bits per heavy atom. The van der Waals surface area contributed by atoms with Gasteiger partial charge >= 0.3 is 0 Å². The van der Waals surface area contributed by atoms with Crippen LogP contribution in [-0.4, -0.2) is 19.4 Å². The Morgan fingerprint density at radius 3 is 2.26 bits per heavy atom. The predicted octanol–water partition coefficient (Wildman–Crippen LogP) is 4.52. The molecule has 1 unspecified atom stereocenters. The predicted molar refractivity (Wildman–Crippen MR) is 103 cm³/mol. The molecule has 1 N–H and O–H groups in total. The van der Waals surface area contributed by atoms with Crippen molar-refractivity contribution in [2.75, 3.05) is 0 Å². The van der Waals surface area contributed by atoms with E-state index in [-0.39, 0.29) is 27.1 Å². The maximum atomic E-state index is 13.1. The topological polar surface area (TPSA) is 89.3 Å². The van der Waals surface area contributed by atoms with Gasteiger partial charge in [0.25, 0.3) is 5.69 Å². The third-order valence-electron chi connectivity index (χ3n) is 6.95. The van der Waals surface area contributed by atoms with Gasteiger partial charge in [0.1, 0.15) is 4.90 Å². The monoisotopic (exact) mass is 412 g/mol. The Bertz CT molecular complexity index is 835. The van der Waals surface area contributed by atoms with E-state index in [4.69, 9.17) is 11.6 Å². The summed E-state index contributed by atoms with van der Waals surface area (Å²) < 4.78 is 29.0. The third kappa shape index (κ3) is 3.38. The van der Waals surface area contributed by atoms with Gasteiger partial charge in [-0.25, -0.2) is 13.1 Å². The van der Waals surface area contributed by atoms with Crippen molar-refractivity contribution in [3.8, 4) is 0 Å². The standard InChI is InChI=1S/C19H25ClN2O4S/c1-2-18(19-9-12-5-13(10-19)7-14(6-12)11-19)21-27(25,26)17-8-15(22(23)24)3-4-16(17)20/h3-4,8,12-14,18,21H,2,5-7,9-11H2,1H3. The lowest BCUT2D eigenvalue weighted by Gasteiger charge is -2.59. The second-order valence-corrected chi connectivity index (χ2v) is 10.8. The number of nitro benzene ring substituents is 1. The average molecular weight is 413 g/mol. The molecule has 4 bridgehead atoms. The van der Waals surface area contributed by atoms with E-state index in [2.05, 4.69) is 4.72 Å². The second kappa shape index (κ2) is 6.71. The molecule has 6 nitrogen and oxygen atoms in total. The van der Waals surface area contributed by atoms with E-state index in [9.17, 15) is 18.5 Å². The molecule has 0 amide bonds. The number of halogens is 1. The largest absolute Gasteiger partial charge is 0.270 e. The number of hydrogen-bond acceptors (Lipinski definition) is 4. The average Bonchev–Trinajstić information content (AvgIpc) is 2.58.